The molecule has 0 radical (unpaired) electrons. The van der Waals surface area contributed by atoms with Crippen LogP contribution in [0.4, 0.5) is 0 Å². The molecule has 21 heavy (non-hydrogen) atoms. The Balaban J connectivity index is 2.38. The predicted octanol–water partition coefficient (Wildman–Crippen LogP) is 3.33. The fraction of sp³-hybridized carbons (Fsp3) is 0.375. The molecule has 1 amide bonds. The molecule has 112 valence electrons. The summed E-state index contributed by atoms with van der Waals surface area (Å²) in [6, 6.07) is 6.10. The Labute approximate surface area is 129 Å². The molecule has 1 aliphatic rings. The van der Waals surface area contributed by atoms with E-state index in [0.29, 0.717) is 6.42 Å². The number of hydrogen-bond donors (Lipinski definition) is 1. The first-order valence-corrected chi connectivity index (χ1v) is 8.05. The Kier molecular flexibility index (Phi) is 5.07. The molecule has 0 spiro atoms. The van der Waals surface area contributed by atoms with E-state index in [2.05, 4.69) is 10.5 Å². The van der Waals surface area contributed by atoms with Crippen molar-refractivity contribution in [2.45, 2.75) is 25.2 Å². The van der Waals surface area contributed by atoms with Crippen molar-refractivity contribution >= 4 is 29.0 Å². The van der Waals surface area contributed by atoms with Gasteiger partial charge in [-0.05, 0) is 30.9 Å². The fourth-order valence-electron chi connectivity index (χ4n) is 2.34. The van der Waals surface area contributed by atoms with Crippen molar-refractivity contribution in [3.63, 3.8) is 0 Å². The maximum atomic E-state index is 11.3. The van der Waals surface area contributed by atoms with E-state index in [1.165, 1.54) is 0 Å². The molecule has 0 fully saturated rings. The van der Waals surface area contributed by atoms with Crippen molar-refractivity contribution in [3.8, 4) is 5.75 Å². The molecular weight excluding hydrogens is 284 g/mol. The van der Waals surface area contributed by atoms with E-state index in [1.54, 1.807) is 18.9 Å². The van der Waals surface area contributed by atoms with Gasteiger partial charge in [0.2, 0.25) is 5.91 Å². The summed E-state index contributed by atoms with van der Waals surface area (Å²) in [5, 5.41) is 4.15. The largest absolute Gasteiger partial charge is 0.495 e. The van der Waals surface area contributed by atoms with Gasteiger partial charge in [-0.1, -0.05) is 19.1 Å². The SMILES string of the molecule is COc1c(SC)cccc1C(C)=CC1=NNC(=O)CC1C. The number of nitrogens with one attached hydrogen (secondary N) is 1. The van der Waals surface area contributed by atoms with E-state index in [9.17, 15) is 4.79 Å². The molecule has 0 saturated carbocycles. The minimum Gasteiger partial charge on any atom is -0.495 e. The van der Waals surface area contributed by atoms with Crippen molar-refractivity contribution < 1.29 is 9.53 Å². The smallest absolute Gasteiger partial charge is 0.240 e. The van der Waals surface area contributed by atoms with Crippen LogP contribution < -0.4 is 10.2 Å². The monoisotopic (exact) mass is 304 g/mol. The lowest BCUT2D eigenvalue weighted by atomic mass is 9.96. The van der Waals surface area contributed by atoms with Crippen molar-refractivity contribution in [1.29, 1.82) is 0 Å². The molecule has 1 aromatic carbocycles. The predicted molar refractivity (Wildman–Crippen MR) is 87.8 cm³/mol. The van der Waals surface area contributed by atoms with Gasteiger partial charge in [0.15, 0.2) is 0 Å². The number of thioether (sulfide) groups is 1. The van der Waals surface area contributed by atoms with Gasteiger partial charge in [-0.3, -0.25) is 4.79 Å². The van der Waals surface area contributed by atoms with E-state index in [4.69, 9.17) is 4.74 Å². The van der Waals surface area contributed by atoms with Gasteiger partial charge in [0.25, 0.3) is 0 Å². The Bertz CT molecular complexity index is 608. The van der Waals surface area contributed by atoms with Crippen molar-refractivity contribution in [1.82, 2.24) is 5.43 Å². The second-order valence-corrected chi connectivity index (χ2v) is 5.89. The van der Waals surface area contributed by atoms with E-state index in [1.807, 2.05) is 44.4 Å². The average molecular weight is 304 g/mol. The number of hydrazone groups is 1. The summed E-state index contributed by atoms with van der Waals surface area (Å²) in [5.41, 5.74) is 5.56. The highest BCUT2D eigenvalue weighted by molar-refractivity contribution is 7.98. The van der Waals surface area contributed by atoms with Gasteiger partial charge in [-0.15, -0.1) is 11.8 Å². The minimum atomic E-state index is -0.0285. The van der Waals surface area contributed by atoms with Gasteiger partial charge >= 0.3 is 0 Å². The number of rotatable bonds is 4. The summed E-state index contributed by atoms with van der Waals surface area (Å²) in [7, 11) is 1.69. The molecule has 1 N–H and O–H groups in total. The van der Waals surface area contributed by atoms with Crippen LogP contribution in [0.1, 0.15) is 25.8 Å². The van der Waals surface area contributed by atoms with E-state index < -0.39 is 0 Å². The molecule has 1 atom stereocenters. The van der Waals surface area contributed by atoms with Gasteiger partial charge < -0.3 is 4.74 Å². The Morgan fingerprint density at radius 2 is 2.29 bits per heavy atom. The van der Waals surface area contributed by atoms with E-state index >= 15 is 0 Å². The van der Waals surface area contributed by atoms with Gasteiger partial charge in [-0.2, -0.15) is 5.10 Å². The normalized spacial score (nSPS) is 19.0. The lowest BCUT2D eigenvalue weighted by Crippen LogP contribution is -2.30. The molecule has 1 aromatic rings. The van der Waals surface area contributed by atoms with Gasteiger partial charge in [0, 0.05) is 22.8 Å². The quantitative estimate of drug-likeness (QED) is 0.868. The molecule has 1 heterocycles. The van der Waals surface area contributed by atoms with Gasteiger partial charge in [-0.25, -0.2) is 5.43 Å². The number of amides is 1. The highest BCUT2D eigenvalue weighted by Crippen LogP contribution is 2.35. The molecule has 2 rings (SSSR count). The first kappa shape index (κ1) is 15.6. The molecule has 1 aliphatic heterocycles. The second kappa shape index (κ2) is 6.80. The van der Waals surface area contributed by atoms with Gasteiger partial charge in [0.05, 0.1) is 12.8 Å². The number of hydrogen-bond acceptors (Lipinski definition) is 4. The third-order valence-corrected chi connectivity index (χ3v) is 4.26. The van der Waals surface area contributed by atoms with E-state index in [-0.39, 0.29) is 11.8 Å². The average Bonchev–Trinajstić information content (AvgIpc) is 2.49. The van der Waals surface area contributed by atoms with Crippen molar-refractivity contribution in [2.75, 3.05) is 13.4 Å². The summed E-state index contributed by atoms with van der Waals surface area (Å²) in [5.74, 6) is 0.981. The summed E-state index contributed by atoms with van der Waals surface area (Å²) >= 11 is 1.66. The lowest BCUT2D eigenvalue weighted by molar-refractivity contribution is -0.121. The zero-order valence-corrected chi connectivity index (χ0v) is 13.6. The number of nitrogens with zero attached hydrogens (tertiary/aromatic N) is 1. The van der Waals surface area contributed by atoms with E-state index in [0.717, 1.165) is 27.5 Å². The molecule has 1 unspecified atom stereocenters. The van der Waals surface area contributed by atoms with Crippen LogP contribution >= 0.6 is 11.8 Å². The fourth-order valence-corrected chi connectivity index (χ4v) is 2.93. The molecule has 0 aliphatic carbocycles. The zero-order chi connectivity index (χ0) is 15.4. The molecule has 0 aromatic heterocycles. The maximum Gasteiger partial charge on any atom is 0.240 e. The minimum absolute atomic E-state index is 0.0285. The second-order valence-electron chi connectivity index (χ2n) is 5.05. The van der Waals surface area contributed by atoms with Crippen LogP contribution in [0.15, 0.2) is 34.3 Å². The topological polar surface area (TPSA) is 50.7 Å². The van der Waals surface area contributed by atoms with Crippen LogP contribution in [0.2, 0.25) is 0 Å². The van der Waals surface area contributed by atoms with Crippen molar-refractivity contribution in [2.24, 2.45) is 11.0 Å². The van der Waals surface area contributed by atoms with Crippen LogP contribution in [-0.2, 0) is 4.79 Å². The number of carbonyl (C=O) groups excluding carboxylic acids is 1. The van der Waals surface area contributed by atoms with Crippen LogP contribution in [0.3, 0.4) is 0 Å². The molecule has 0 bridgehead atoms. The Morgan fingerprint density at radius 1 is 1.52 bits per heavy atom. The lowest BCUT2D eigenvalue weighted by Gasteiger charge is -2.18. The number of methoxy groups -OCH3 is 1. The third kappa shape index (κ3) is 3.47. The van der Waals surface area contributed by atoms with Crippen LogP contribution in [0.25, 0.3) is 5.57 Å². The number of carbonyl (C=O) groups is 1. The molecule has 0 saturated heterocycles. The third-order valence-electron chi connectivity index (χ3n) is 3.50. The van der Waals surface area contributed by atoms with Gasteiger partial charge in [0.1, 0.15) is 5.75 Å². The first-order valence-electron chi connectivity index (χ1n) is 6.83. The summed E-state index contributed by atoms with van der Waals surface area (Å²) in [6.07, 6.45) is 4.53. The molecule has 5 heteroatoms. The van der Waals surface area contributed by atoms with Crippen LogP contribution in [-0.4, -0.2) is 25.0 Å². The van der Waals surface area contributed by atoms with Crippen LogP contribution in [0, 0.1) is 5.92 Å². The highest BCUT2D eigenvalue weighted by Gasteiger charge is 2.19. The highest BCUT2D eigenvalue weighted by atomic mass is 32.2. The first-order chi connectivity index (χ1) is 10.1. The van der Waals surface area contributed by atoms with Crippen molar-refractivity contribution in [3.05, 3.63) is 29.8 Å². The number of ether oxygens (including phenoxy) is 1. The Hall–Kier alpha value is -1.75. The number of allylic oxidation sites excluding steroid dienone is 2. The maximum absolute atomic E-state index is 11.3. The summed E-state index contributed by atoms with van der Waals surface area (Å²) in [4.78, 5) is 12.4. The summed E-state index contributed by atoms with van der Waals surface area (Å²) in [6.45, 7) is 4.05. The number of benzene rings is 1. The Morgan fingerprint density at radius 3 is 2.90 bits per heavy atom. The number of para-hydroxylation sites is 1. The molecular formula is C16H20N2O2S. The summed E-state index contributed by atoms with van der Waals surface area (Å²) < 4.78 is 5.55. The standard InChI is InChI=1S/C16H20N2O2S/c1-10(8-13-11(2)9-15(19)18-17-13)12-6-5-7-14(21-4)16(12)20-3/h5-8,11H,9H2,1-4H3,(H,18,19). The van der Waals surface area contributed by atoms with Crippen LogP contribution in [0.5, 0.6) is 5.75 Å². The molecule has 4 nitrogen and oxygen atoms in total. The zero-order valence-electron chi connectivity index (χ0n) is 12.8.